The Balaban J connectivity index is 2.37. The maximum atomic E-state index is 13.9. The molecule has 110 valence electrons. The molecule has 2 N–H and O–H groups in total. The van der Waals surface area contributed by atoms with Crippen LogP contribution in [0.1, 0.15) is 18.5 Å². The molecule has 7 heteroatoms. The van der Waals surface area contributed by atoms with E-state index in [9.17, 15) is 14.5 Å². The fourth-order valence-corrected chi connectivity index (χ4v) is 1.89. The quantitative estimate of drug-likeness (QED) is 0.678. The minimum absolute atomic E-state index is 0.0863. The Hall–Kier alpha value is -2.18. The van der Waals surface area contributed by atoms with Gasteiger partial charge in [-0.15, -0.1) is 0 Å². The minimum atomic E-state index is -0.644. The van der Waals surface area contributed by atoms with Gasteiger partial charge in [-0.3, -0.25) is 10.1 Å². The van der Waals surface area contributed by atoms with Crippen LogP contribution < -0.4 is 10.5 Å². The number of nitro benzene ring substituents is 1. The Morgan fingerprint density at radius 3 is 2.52 bits per heavy atom. The Bertz CT molecular complexity index is 692. The number of hydrogen-bond donors (Lipinski definition) is 1. The van der Waals surface area contributed by atoms with Crippen LogP contribution in [0, 0.1) is 15.9 Å². The van der Waals surface area contributed by atoms with Crippen molar-refractivity contribution < 1.29 is 14.1 Å². The summed E-state index contributed by atoms with van der Waals surface area (Å²) in [5, 5.41) is 11.1. The van der Waals surface area contributed by atoms with E-state index in [1.165, 1.54) is 24.3 Å². The molecule has 0 amide bonds. The Labute approximate surface area is 125 Å². The molecular weight excluding hydrogens is 299 g/mol. The third-order valence-corrected chi connectivity index (χ3v) is 3.05. The number of hydrogen-bond acceptors (Lipinski definition) is 4. The predicted octanol–water partition coefficient (Wildman–Crippen LogP) is 4.20. The Morgan fingerprint density at radius 1 is 1.29 bits per heavy atom. The van der Waals surface area contributed by atoms with Crippen LogP contribution in [0.2, 0.25) is 5.02 Å². The van der Waals surface area contributed by atoms with Gasteiger partial charge >= 0.3 is 5.69 Å². The largest absolute Gasteiger partial charge is 0.447 e. The lowest BCUT2D eigenvalue weighted by molar-refractivity contribution is -0.385. The zero-order chi connectivity index (χ0) is 15.6. The van der Waals surface area contributed by atoms with Crippen LogP contribution in [-0.4, -0.2) is 4.92 Å². The molecule has 1 atom stereocenters. The van der Waals surface area contributed by atoms with Crippen molar-refractivity contribution >= 4 is 17.3 Å². The number of nitro groups is 1. The molecule has 0 bridgehead atoms. The summed E-state index contributed by atoms with van der Waals surface area (Å²) in [5.74, 6) is -0.851. The molecule has 0 spiro atoms. The molecule has 0 saturated carbocycles. The van der Waals surface area contributed by atoms with Crippen LogP contribution in [0.25, 0.3) is 0 Å². The number of halogens is 2. The summed E-state index contributed by atoms with van der Waals surface area (Å²) in [5.41, 5.74) is 5.92. The summed E-state index contributed by atoms with van der Waals surface area (Å²) >= 11 is 5.70. The maximum Gasteiger partial charge on any atom is 0.313 e. The van der Waals surface area contributed by atoms with Crippen molar-refractivity contribution in [3.8, 4) is 11.5 Å². The highest BCUT2D eigenvalue weighted by atomic mass is 35.5. The highest BCUT2D eigenvalue weighted by molar-refractivity contribution is 6.30. The molecule has 0 radical (unpaired) electrons. The fourth-order valence-electron chi connectivity index (χ4n) is 1.72. The highest BCUT2D eigenvalue weighted by Crippen LogP contribution is 2.34. The second-order valence-electron chi connectivity index (χ2n) is 4.45. The third kappa shape index (κ3) is 3.48. The van der Waals surface area contributed by atoms with Gasteiger partial charge in [-0.2, -0.15) is 0 Å². The Morgan fingerprint density at radius 2 is 1.95 bits per heavy atom. The average Bonchev–Trinajstić information content (AvgIpc) is 2.42. The molecule has 0 aliphatic carbocycles. The van der Waals surface area contributed by atoms with Crippen molar-refractivity contribution in [1.29, 1.82) is 0 Å². The molecule has 1 unspecified atom stereocenters. The molecule has 2 rings (SSSR count). The lowest BCUT2D eigenvalue weighted by atomic mass is 10.1. The molecule has 2 aromatic rings. The van der Waals surface area contributed by atoms with Crippen LogP contribution >= 0.6 is 11.6 Å². The Kier molecular flexibility index (Phi) is 4.40. The van der Waals surface area contributed by atoms with Gasteiger partial charge < -0.3 is 10.5 Å². The molecule has 0 fully saturated rings. The molecule has 0 aliphatic rings. The van der Waals surface area contributed by atoms with Crippen LogP contribution in [0.3, 0.4) is 0 Å². The summed E-state index contributed by atoms with van der Waals surface area (Å²) in [6, 6.07) is 7.79. The first-order valence-corrected chi connectivity index (χ1v) is 6.43. The number of ether oxygens (including phenoxy) is 1. The summed E-state index contributed by atoms with van der Waals surface area (Å²) < 4.78 is 19.2. The first-order chi connectivity index (χ1) is 9.88. The van der Waals surface area contributed by atoms with Crippen molar-refractivity contribution in [3.05, 3.63) is 62.9 Å². The van der Waals surface area contributed by atoms with E-state index < -0.39 is 10.7 Å². The number of rotatable bonds is 4. The summed E-state index contributed by atoms with van der Waals surface area (Å²) in [7, 11) is 0. The third-order valence-electron chi connectivity index (χ3n) is 2.82. The SMILES string of the molecule is CC(N)c1ccc(Oc2ccc(Cl)cc2[N+](=O)[O-])c(F)c1. The maximum absolute atomic E-state index is 13.9. The van der Waals surface area contributed by atoms with Gasteiger partial charge in [0.1, 0.15) is 0 Å². The van der Waals surface area contributed by atoms with Crippen molar-refractivity contribution in [1.82, 2.24) is 0 Å². The first-order valence-electron chi connectivity index (χ1n) is 6.05. The summed E-state index contributed by atoms with van der Waals surface area (Å²) in [6.45, 7) is 1.72. The zero-order valence-corrected chi connectivity index (χ0v) is 11.8. The van der Waals surface area contributed by atoms with Crippen molar-refractivity contribution in [2.75, 3.05) is 0 Å². The van der Waals surface area contributed by atoms with Crippen molar-refractivity contribution in [3.63, 3.8) is 0 Å². The van der Waals surface area contributed by atoms with E-state index in [0.29, 0.717) is 5.56 Å². The molecule has 0 heterocycles. The van der Waals surface area contributed by atoms with Crippen molar-refractivity contribution in [2.45, 2.75) is 13.0 Å². The second-order valence-corrected chi connectivity index (χ2v) is 4.89. The molecule has 2 aromatic carbocycles. The van der Waals surface area contributed by atoms with Crippen LogP contribution in [-0.2, 0) is 0 Å². The second kappa shape index (κ2) is 6.07. The normalized spacial score (nSPS) is 12.0. The number of nitrogens with zero attached hydrogens (tertiary/aromatic N) is 1. The van der Waals surface area contributed by atoms with Gasteiger partial charge in [0, 0.05) is 17.1 Å². The fraction of sp³-hybridized carbons (Fsp3) is 0.143. The highest BCUT2D eigenvalue weighted by Gasteiger charge is 2.18. The van der Waals surface area contributed by atoms with E-state index in [0.717, 1.165) is 6.07 Å². The van der Waals surface area contributed by atoms with Crippen LogP contribution in [0.15, 0.2) is 36.4 Å². The van der Waals surface area contributed by atoms with Crippen molar-refractivity contribution in [2.24, 2.45) is 5.73 Å². The topological polar surface area (TPSA) is 78.4 Å². The lowest BCUT2D eigenvalue weighted by Crippen LogP contribution is -2.05. The molecule has 0 aromatic heterocycles. The van der Waals surface area contributed by atoms with E-state index in [2.05, 4.69) is 0 Å². The van der Waals surface area contributed by atoms with Gasteiger partial charge in [0.2, 0.25) is 5.75 Å². The van der Waals surface area contributed by atoms with E-state index in [-0.39, 0.29) is 28.3 Å². The lowest BCUT2D eigenvalue weighted by Gasteiger charge is -2.10. The van der Waals surface area contributed by atoms with Gasteiger partial charge in [0.25, 0.3) is 0 Å². The van der Waals surface area contributed by atoms with Gasteiger partial charge in [-0.25, -0.2) is 4.39 Å². The van der Waals surface area contributed by atoms with E-state index in [1.54, 1.807) is 13.0 Å². The van der Waals surface area contributed by atoms with E-state index >= 15 is 0 Å². The van der Waals surface area contributed by atoms with Gasteiger partial charge in [0.15, 0.2) is 11.6 Å². The molecule has 0 saturated heterocycles. The molecule has 5 nitrogen and oxygen atoms in total. The number of benzene rings is 2. The van der Waals surface area contributed by atoms with E-state index in [4.69, 9.17) is 22.1 Å². The molecule has 21 heavy (non-hydrogen) atoms. The number of nitrogens with two attached hydrogens (primary N) is 1. The minimum Gasteiger partial charge on any atom is -0.447 e. The van der Waals surface area contributed by atoms with Gasteiger partial charge in [-0.05, 0) is 36.8 Å². The molecular formula is C14H12ClFN2O3. The average molecular weight is 311 g/mol. The summed E-state index contributed by atoms with van der Waals surface area (Å²) in [4.78, 5) is 10.3. The summed E-state index contributed by atoms with van der Waals surface area (Å²) in [6.07, 6.45) is 0. The van der Waals surface area contributed by atoms with Gasteiger partial charge in [0.05, 0.1) is 4.92 Å². The zero-order valence-electron chi connectivity index (χ0n) is 11.0. The molecule has 0 aliphatic heterocycles. The van der Waals surface area contributed by atoms with Crippen LogP contribution in [0.4, 0.5) is 10.1 Å². The van der Waals surface area contributed by atoms with E-state index in [1.807, 2.05) is 0 Å². The van der Waals surface area contributed by atoms with Crippen LogP contribution in [0.5, 0.6) is 11.5 Å². The first kappa shape index (κ1) is 15.2. The monoisotopic (exact) mass is 310 g/mol. The standard InChI is InChI=1S/C14H12ClFN2O3/c1-8(17)9-2-4-13(11(16)6-9)21-14-5-3-10(15)7-12(14)18(19)20/h2-8H,17H2,1H3. The predicted molar refractivity (Wildman–Crippen MR) is 77.2 cm³/mol. The smallest absolute Gasteiger partial charge is 0.313 e. The van der Waals surface area contributed by atoms with Gasteiger partial charge in [-0.1, -0.05) is 17.7 Å².